The second kappa shape index (κ2) is 17.9. The summed E-state index contributed by atoms with van der Waals surface area (Å²) in [7, 11) is 0. The van der Waals surface area contributed by atoms with Crippen LogP contribution in [0.2, 0.25) is 0 Å². The van der Waals surface area contributed by atoms with Crippen molar-refractivity contribution >= 4 is 90.2 Å². The van der Waals surface area contributed by atoms with Crippen molar-refractivity contribution in [2.45, 2.75) is 240 Å². The van der Waals surface area contributed by atoms with E-state index in [0.717, 1.165) is 49.0 Å². The number of fused-ring (bicyclic) bond motifs is 12. The lowest BCUT2D eigenvalue weighted by molar-refractivity contribution is 0.332. The lowest BCUT2D eigenvalue weighted by Gasteiger charge is -2.46. The van der Waals surface area contributed by atoms with Crippen LogP contribution in [0.3, 0.4) is 0 Å². The maximum atomic E-state index is 7.91. The van der Waals surface area contributed by atoms with Crippen LogP contribution in [0.1, 0.15) is 240 Å². The van der Waals surface area contributed by atoms with Gasteiger partial charge in [0.05, 0.1) is 28.1 Å². The minimum atomic E-state index is -0.206. The van der Waals surface area contributed by atoms with Crippen molar-refractivity contribution in [1.29, 1.82) is 0 Å². The molecule has 0 fully saturated rings. The third kappa shape index (κ3) is 8.40. The quantitative estimate of drug-likeness (QED) is 0.165. The summed E-state index contributed by atoms with van der Waals surface area (Å²) in [5, 5.41) is 3.79. The number of benzene rings is 7. The summed E-state index contributed by atoms with van der Waals surface area (Å²) < 4.78 is 10.5. The first kappa shape index (κ1) is 57.3. The van der Waals surface area contributed by atoms with Gasteiger partial charge in [0.2, 0.25) is 0 Å². The number of aromatic nitrogens is 1. The summed E-state index contributed by atoms with van der Waals surface area (Å²) in [4.78, 5) is 5.42. The van der Waals surface area contributed by atoms with Crippen LogP contribution in [0.25, 0.3) is 38.5 Å². The lowest BCUT2D eigenvalue weighted by atomic mass is 9.35. The third-order valence-electron chi connectivity index (χ3n) is 22.7. The van der Waals surface area contributed by atoms with Crippen molar-refractivity contribution in [1.82, 2.24) is 4.57 Å². The third-order valence-corrected chi connectivity index (χ3v) is 22.7. The van der Waals surface area contributed by atoms with Crippen LogP contribution in [0, 0.1) is 6.92 Å². The normalized spacial score (nSPS) is 19.5. The number of hydrogen-bond acceptors (Lipinski definition) is 3. The van der Waals surface area contributed by atoms with Gasteiger partial charge in [0.1, 0.15) is 5.58 Å². The largest absolute Gasteiger partial charge is 0.468 e. The topological polar surface area (TPSA) is 24.6 Å². The first-order chi connectivity index (χ1) is 39.9. The number of furan rings is 1. The predicted octanol–water partition coefficient (Wildman–Crippen LogP) is 20.9. The van der Waals surface area contributed by atoms with Crippen LogP contribution in [0.4, 0.5) is 34.1 Å². The molecule has 0 unspecified atom stereocenters. The Labute approximate surface area is 516 Å². The Bertz CT molecular complexity index is 4320. The van der Waals surface area contributed by atoms with Gasteiger partial charge in [0.25, 0.3) is 6.71 Å². The molecule has 2 aromatic heterocycles. The van der Waals surface area contributed by atoms with Crippen LogP contribution < -0.4 is 26.4 Å². The van der Waals surface area contributed by atoms with Crippen LogP contribution in [-0.4, -0.2) is 11.3 Å². The monoisotopic (exact) mass is 1140 g/mol. The zero-order valence-electron chi connectivity index (χ0n) is 56.5. The molecule has 444 valence electrons. The van der Waals surface area contributed by atoms with Gasteiger partial charge in [-0.2, -0.15) is 0 Å². The summed E-state index contributed by atoms with van der Waals surface area (Å²) in [6.45, 7) is 53.1. The van der Waals surface area contributed by atoms with Crippen LogP contribution in [0.15, 0.2) is 114 Å². The second-order valence-electron chi connectivity index (χ2n) is 34.8. The van der Waals surface area contributed by atoms with Gasteiger partial charge in [-0.1, -0.05) is 182 Å². The molecule has 4 nitrogen and oxygen atoms in total. The van der Waals surface area contributed by atoms with Crippen molar-refractivity contribution in [2.24, 2.45) is 0 Å². The molecule has 0 spiro atoms. The molecule has 9 aromatic rings. The van der Waals surface area contributed by atoms with E-state index in [1.54, 1.807) is 0 Å². The van der Waals surface area contributed by atoms with E-state index in [0.29, 0.717) is 0 Å². The zero-order valence-corrected chi connectivity index (χ0v) is 56.5. The van der Waals surface area contributed by atoms with Gasteiger partial charge in [-0.25, -0.2) is 0 Å². The first-order valence-corrected chi connectivity index (χ1v) is 32.8. The van der Waals surface area contributed by atoms with Crippen molar-refractivity contribution in [3.05, 3.63) is 165 Å². The average molecular weight is 1140 g/mol. The highest BCUT2D eigenvalue weighted by Crippen LogP contribution is 2.56. The summed E-state index contributed by atoms with van der Waals surface area (Å²) >= 11 is 0. The molecule has 0 bridgehead atoms. The standard InChI is InChI=1S/C81H96BN3O/c1-47-37-57-60(80(19,20)35-33-77(57,13)14)45-66(47)85-65-30-25-50(75(8,9)10)40-62(65)82-70-67(42-52(43-68(70)85)83-63-28-23-48(73(2,3)4)38-53(63)54-39-49(74(5,6)7)24-29-64(54)83)84(51-26-27-56-58(41-51)78(15,16)32-31-76(56,11)12)71-55-44-59-61(46-69(55)86-72(71)82)81(21,22)36-34-79(59,17)18/h23-30,37-46H,31-36H2,1-22H3. The van der Waals surface area contributed by atoms with Gasteiger partial charge >= 0.3 is 0 Å². The Morgan fingerprint density at radius 2 is 0.826 bits per heavy atom. The first-order valence-electron chi connectivity index (χ1n) is 32.8. The summed E-state index contributed by atoms with van der Waals surface area (Å²) in [6, 6.07) is 45.2. The fraction of sp³-hybridized carbons (Fsp3) is 0.457. The number of aryl methyl sites for hydroxylation is 1. The van der Waals surface area contributed by atoms with E-state index in [2.05, 4.69) is 276 Å². The molecular weight excluding hydrogens is 1040 g/mol. The van der Waals surface area contributed by atoms with Gasteiger partial charge in [-0.05, 0) is 234 Å². The summed E-state index contributed by atoms with van der Waals surface area (Å²) in [5.41, 5.74) is 29.5. The predicted molar refractivity (Wildman–Crippen MR) is 371 cm³/mol. The molecule has 5 heteroatoms. The number of nitrogens with zero attached hydrogens (tertiary/aromatic N) is 3. The number of rotatable bonds is 3. The highest BCUT2D eigenvalue weighted by atomic mass is 16.3. The van der Waals surface area contributed by atoms with E-state index in [1.807, 2.05) is 0 Å². The highest BCUT2D eigenvalue weighted by Gasteiger charge is 2.50. The van der Waals surface area contributed by atoms with Crippen LogP contribution in [-0.2, 0) is 48.7 Å². The second-order valence-corrected chi connectivity index (χ2v) is 34.8. The Morgan fingerprint density at radius 3 is 1.35 bits per heavy atom. The summed E-state index contributed by atoms with van der Waals surface area (Å²) in [6.07, 6.45) is 6.89. The SMILES string of the molecule is Cc1cc2c(cc1N1c3ccc(C(C)(C)C)cc3B3c4oc5cc6c(cc5c4N(c4ccc5c(c4)C(C)(C)CCC5(C)C)c4cc(-n5c7ccc(C(C)(C)C)cc7c7cc(C(C)(C)C)ccc75)cc1c43)C(C)(C)CCC6(C)C)C(C)(C)CCC2(C)C. The van der Waals surface area contributed by atoms with Crippen molar-refractivity contribution in [3.63, 3.8) is 0 Å². The van der Waals surface area contributed by atoms with Crippen molar-refractivity contribution < 1.29 is 4.42 Å². The molecule has 5 aliphatic rings. The van der Waals surface area contributed by atoms with E-state index < -0.39 is 0 Å². The molecule has 0 amide bonds. The molecule has 14 rings (SSSR count). The minimum absolute atomic E-state index is 0.00365. The van der Waals surface area contributed by atoms with E-state index >= 15 is 0 Å². The van der Waals surface area contributed by atoms with Crippen LogP contribution in [0.5, 0.6) is 0 Å². The molecule has 0 atom stereocenters. The molecule has 0 saturated carbocycles. The average Bonchev–Trinajstić information content (AvgIpc) is 1.27. The van der Waals surface area contributed by atoms with Gasteiger partial charge in [0, 0.05) is 44.6 Å². The number of hydrogen-bond donors (Lipinski definition) is 0. The van der Waals surface area contributed by atoms with E-state index in [1.165, 1.54) is 134 Å². The fourth-order valence-electron chi connectivity index (χ4n) is 16.6. The van der Waals surface area contributed by atoms with Gasteiger partial charge < -0.3 is 18.8 Å². The Kier molecular flexibility index (Phi) is 11.9. The minimum Gasteiger partial charge on any atom is -0.468 e. The highest BCUT2D eigenvalue weighted by molar-refractivity contribution is 7.00. The van der Waals surface area contributed by atoms with Gasteiger partial charge in [-0.3, -0.25) is 0 Å². The maximum Gasteiger partial charge on any atom is 0.297 e. The fourth-order valence-corrected chi connectivity index (χ4v) is 16.6. The zero-order chi connectivity index (χ0) is 61.5. The van der Waals surface area contributed by atoms with E-state index in [-0.39, 0.29) is 55.4 Å². The molecule has 0 radical (unpaired) electrons. The van der Waals surface area contributed by atoms with Gasteiger partial charge in [0.15, 0.2) is 0 Å². The lowest BCUT2D eigenvalue weighted by Crippen LogP contribution is -2.61. The molecule has 3 aliphatic carbocycles. The molecule has 7 aromatic carbocycles. The number of anilines is 6. The van der Waals surface area contributed by atoms with E-state index in [9.17, 15) is 0 Å². The molecule has 4 heterocycles. The van der Waals surface area contributed by atoms with Crippen molar-refractivity contribution in [2.75, 3.05) is 9.80 Å². The molecular formula is C81H96BN3O. The van der Waals surface area contributed by atoms with E-state index in [4.69, 9.17) is 4.42 Å². The van der Waals surface area contributed by atoms with Gasteiger partial charge in [-0.15, -0.1) is 0 Å². The molecule has 2 aliphatic heterocycles. The maximum absolute atomic E-state index is 7.91. The Balaban J connectivity index is 1.18. The molecule has 86 heavy (non-hydrogen) atoms. The Morgan fingerprint density at radius 1 is 0.384 bits per heavy atom. The summed E-state index contributed by atoms with van der Waals surface area (Å²) in [5.74, 6) is 0. The smallest absolute Gasteiger partial charge is 0.297 e. The molecule has 0 saturated heterocycles. The Hall–Kier alpha value is -6.46. The van der Waals surface area contributed by atoms with Crippen LogP contribution >= 0.6 is 0 Å². The van der Waals surface area contributed by atoms with Crippen molar-refractivity contribution in [3.8, 4) is 5.69 Å². The molecule has 0 N–H and O–H groups in total.